The van der Waals surface area contributed by atoms with Crippen molar-refractivity contribution in [3.63, 3.8) is 0 Å². The Labute approximate surface area is 333 Å². The molecule has 1 aliphatic heterocycles. The van der Waals surface area contributed by atoms with Crippen LogP contribution in [0.1, 0.15) is 44.5 Å². The Bertz CT molecular complexity index is 2960. The Morgan fingerprint density at radius 1 is 0.263 bits per heavy atom. The Balaban J connectivity index is 1.06. The van der Waals surface area contributed by atoms with E-state index in [2.05, 4.69) is 218 Å². The maximum atomic E-state index is 6.75. The summed E-state index contributed by atoms with van der Waals surface area (Å²) in [4.78, 5) is 0. The Kier molecular flexibility index (Phi) is 6.83. The SMILES string of the molecule is c1ccc(C2(c3ccccc3)c3ccccc3-c3c(-c4cccc(-c5ccc6c(c5)C5(c7ccccc7O6)c6ccccc6-c6ccccc65)c4)cccc32)cc1. The summed E-state index contributed by atoms with van der Waals surface area (Å²) in [5, 5.41) is 0. The van der Waals surface area contributed by atoms with Crippen molar-refractivity contribution in [2.75, 3.05) is 0 Å². The van der Waals surface area contributed by atoms with Crippen LogP contribution in [0.4, 0.5) is 0 Å². The van der Waals surface area contributed by atoms with Gasteiger partial charge in [0.05, 0.1) is 10.8 Å². The lowest BCUT2D eigenvalue weighted by atomic mass is 9.66. The maximum Gasteiger partial charge on any atom is 0.132 e. The van der Waals surface area contributed by atoms with Crippen molar-refractivity contribution in [2.45, 2.75) is 10.8 Å². The van der Waals surface area contributed by atoms with Gasteiger partial charge in [0.1, 0.15) is 11.5 Å². The molecule has 266 valence electrons. The van der Waals surface area contributed by atoms with Gasteiger partial charge in [0.15, 0.2) is 0 Å². The molecular formula is C56H36O. The van der Waals surface area contributed by atoms with Gasteiger partial charge in [-0.1, -0.05) is 194 Å². The molecule has 9 aromatic carbocycles. The van der Waals surface area contributed by atoms with Crippen molar-refractivity contribution < 1.29 is 4.74 Å². The molecule has 0 amide bonds. The summed E-state index contributed by atoms with van der Waals surface area (Å²) in [7, 11) is 0. The molecule has 1 heteroatoms. The fourth-order valence-corrected chi connectivity index (χ4v) is 10.6. The van der Waals surface area contributed by atoms with E-state index in [1.807, 2.05) is 0 Å². The van der Waals surface area contributed by atoms with E-state index in [0.29, 0.717) is 0 Å². The van der Waals surface area contributed by atoms with E-state index >= 15 is 0 Å². The van der Waals surface area contributed by atoms with Crippen LogP contribution in [-0.2, 0) is 10.8 Å². The number of hydrogen-bond donors (Lipinski definition) is 0. The first-order valence-electron chi connectivity index (χ1n) is 19.8. The number of ether oxygens (including phenoxy) is 1. The number of rotatable bonds is 4. The lowest BCUT2D eigenvalue weighted by molar-refractivity contribution is 0.436. The minimum Gasteiger partial charge on any atom is -0.457 e. The maximum absolute atomic E-state index is 6.75. The van der Waals surface area contributed by atoms with Crippen LogP contribution in [-0.4, -0.2) is 0 Å². The smallest absolute Gasteiger partial charge is 0.132 e. The largest absolute Gasteiger partial charge is 0.457 e. The van der Waals surface area contributed by atoms with Crippen LogP contribution in [0.5, 0.6) is 11.5 Å². The number of hydrogen-bond acceptors (Lipinski definition) is 1. The van der Waals surface area contributed by atoms with Gasteiger partial charge in [-0.2, -0.15) is 0 Å². The molecule has 0 N–H and O–H groups in total. The van der Waals surface area contributed by atoms with Crippen molar-refractivity contribution in [1.82, 2.24) is 0 Å². The van der Waals surface area contributed by atoms with Gasteiger partial charge in [0.25, 0.3) is 0 Å². The lowest BCUT2D eigenvalue weighted by Crippen LogP contribution is -2.32. The normalized spacial score (nSPS) is 14.4. The molecule has 0 bridgehead atoms. The van der Waals surface area contributed by atoms with Crippen molar-refractivity contribution >= 4 is 0 Å². The highest BCUT2D eigenvalue weighted by molar-refractivity contribution is 5.96. The molecule has 0 saturated carbocycles. The van der Waals surface area contributed by atoms with Crippen LogP contribution < -0.4 is 4.74 Å². The Hall–Kier alpha value is -7.22. The summed E-state index contributed by atoms with van der Waals surface area (Å²) in [6, 6.07) is 80.4. The van der Waals surface area contributed by atoms with Gasteiger partial charge in [0.2, 0.25) is 0 Å². The topological polar surface area (TPSA) is 9.23 Å². The van der Waals surface area contributed by atoms with Gasteiger partial charge in [-0.3, -0.25) is 0 Å². The van der Waals surface area contributed by atoms with Gasteiger partial charge in [-0.15, -0.1) is 0 Å². The first kappa shape index (κ1) is 32.1. The van der Waals surface area contributed by atoms with Crippen molar-refractivity contribution in [3.05, 3.63) is 263 Å². The third kappa shape index (κ3) is 4.29. The second-order valence-electron chi connectivity index (χ2n) is 15.5. The standard InChI is InChI=1S/C56H36O/c1-3-19-40(20-4-1)55(41-21-5-2-6-22-41)48-29-12-9-25-45(48)54-42(26-16-31-50(54)55)39-18-15-17-37(35-39)38-33-34-53-51(36-38)56(49-30-13-14-32-52(49)57-53)46-27-10-7-23-43(46)44-24-8-11-28-47(44)56/h1-36H. The summed E-state index contributed by atoms with van der Waals surface area (Å²) >= 11 is 0. The van der Waals surface area contributed by atoms with Crippen molar-refractivity contribution in [1.29, 1.82) is 0 Å². The fraction of sp³-hybridized carbons (Fsp3) is 0.0357. The molecule has 0 fully saturated rings. The van der Waals surface area contributed by atoms with Gasteiger partial charge in [-0.25, -0.2) is 0 Å². The first-order chi connectivity index (χ1) is 28.3. The summed E-state index contributed by atoms with van der Waals surface area (Å²) in [5.41, 5.74) is 19.1. The van der Waals surface area contributed by atoms with Crippen LogP contribution >= 0.6 is 0 Å². The second-order valence-corrected chi connectivity index (χ2v) is 15.5. The summed E-state index contributed by atoms with van der Waals surface area (Å²) in [6.07, 6.45) is 0. The molecule has 2 aliphatic carbocycles. The molecule has 9 aromatic rings. The second kappa shape index (κ2) is 12.1. The summed E-state index contributed by atoms with van der Waals surface area (Å²) in [6.45, 7) is 0. The molecule has 0 aromatic heterocycles. The van der Waals surface area contributed by atoms with Crippen molar-refractivity contribution in [2.24, 2.45) is 0 Å². The Morgan fingerprint density at radius 2 is 0.737 bits per heavy atom. The molecule has 0 atom stereocenters. The van der Waals surface area contributed by atoms with Crippen LogP contribution in [0.15, 0.2) is 218 Å². The van der Waals surface area contributed by atoms with E-state index < -0.39 is 10.8 Å². The minimum absolute atomic E-state index is 0.445. The van der Waals surface area contributed by atoms with Crippen LogP contribution in [0.3, 0.4) is 0 Å². The molecule has 12 rings (SSSR count). The quantitative estimate of drug-likeness (QED) is 0.176. The summed E-state index contributed by atoms with van der Waals surface area (Å²) in [5.74, 6) is 1.81. The summed E-state index contributed by atoms with van der Waals surface area (Å²) < 4.78 is 6.75. The van der Waals surface area contributed by atoms with E-state index in [1.54, 1.807) is 0 Å². The van der Waals surface area contributed by atoms with Gasteiger partial charge in [0, 0.05) is 11.1 Å². The zero-order chi connectivity index (χ0) is 37.6. The molecule has 1 nitrogen and oxygen atoms in total. The van der Waals surface area contributed by atoms with E-state index in [4.69, 9.17) is 4.74 Å². The predicted octanol–water partition coefficient (Wildman–Crippen LogP) is 13.9. The highest BCUT2D eigenvalue weighted by Crippen LogP contribution is 2.63. The monoisotopic (exact) mass is 724 g/mol. The average Bonchev–Trinajstić information content (AvgIpc) is 3.76. The molecule has 1 heterocycles. The first-order valence-corrected chi connectivity index (χ1v) is 19.8. The molecule has 57 heavy (non-hydrogen) atoms. The molecule has 3 aliphatic rings. The van der Waals surface area contributed by atoms with E-state index in [-0.39, 0.29) is 0 Å². The van der Waals surface area contributed by atoms with Gasteiger partial charge >= 0.3 is 0 Å². The van der Waals surface area contributed by atoms with Crippen molar-refractivity contribution in [3.8, 4) is 56.0 Å². The third-order valence-electron chi connectivity index (χ3n) is 12.8. The van der Waals surface area contributed by atoms with Gasteiger partial charge < -0.3 is 4.74 Å². The average molecular weight is 725 g/mol. The van der Waals surface area contributed by atoms with E-state index in [0.717, 1.165) is 17.1 Å². The predicted molar refractivity (Wildman–Crippen MR) is 232 cm³/mol. The molecule has 0 saturated heterocycles. The molecule has 0 unspecified atom stereocenters. The van der Waals surface area contributed by atoms with E-state index in [1.165, 1.54) is 83.5 Å². The Morgan fingerprint density at radius 3 is 1.42 bits per heavy atom. The molecule has 1 spiro atoms. The third-order valence-corrected chi connectivity index (χ3v) is 12.8. The van der Waals surface area contributed by atoms with Crippen LogP contribution in [0.2, 0.25) is 0 Å². The van der Waals surface area contributed by atoms with E-state index in [9.17, 15) is 0 Å². The highest BCUT2D eigenvalue weighted by Gasteiger charge is 2.51. The van der Waals surface area contributed by atoms with Crippen LogP contribution in [0, 0.1) is 0 Å². The highest BCUT2D eigenvalue weighted by atomic mass is 16.5. The number of benzene rings is 9. The zero-order valence-electron chi connectivity index (χ0n) is 31.2. The fourth-order valence-electron chi connectivity index (χ4n) is 10.6. The minimum atomic E-state index is -0.507. The lowest BCUT2D eigenvalue weighted by Gasteiger charge is -2.39. The zero-order valence-corrected chi connectivity index (χ0v) is 31.2. The number of para-hydroxylation sites is 1. The van der Waals surface area contributed by atoms with Crippen LogP contribution in [0.25, 0.3) is 44.5 Å². The molecular weight excluding hydrogens is 689 g/mol. The number of fused-ring (bicyclic) bond motifs is 12. The van der Waals surface area contributed by atoms with Gasteiger partial charge in [-0.05, 0) is 102 Å². The molecule has 0 radical (unpaired) electrons.